The van der Waals surface area contributed by atoms with Gasteiger partial charge in [-0.1, -0.05) is 45.9 Å². The van der Waals surface area contributed by atoms with Crippen molar-refractivity contribution in [2.75, 3.05) is 0 Å². The highest BCUT2D eigenvalue weighted by atomic mass is 32.2. The molecule has 0 atom stereocenters. The fraction of sp³-hybridized carbons (Fsp3) is 0.389. The summed E-state index contributed by atoms with van der Waals surface area (Å²) in [6.45, 7) is 7.87. The third-order valence-corrected chi connectivity index (χ3v) is 5.29. The highest BCUT2D eigenvalue weighted by Gasteiger charge is 2.23. The Balaban J connectivity index is 2.23. The van der Waals surface area contributed by atoms with Gasteiger partial charge in [-0.05, 0) is 45.4 Å². The van der Waals surface area contributed by atoms with E-state index < -0.39 is 16.2 Å². The summed E-state index contributed by atoms with van der Waals surface area (Å²) < 4.78 is 32.0. The summed E-state index contributed by atoms with van der Waals surface area (Å²) in [7, 11) is -4.25. The molecular weight excluding hydrogens is 358 g/mol. The largest absolute Gasteiger partial charge is 0.409 e. The molecule has 1 aromatic heterocycles. The molecule has 0 fully saturated rings. The summed E-state index contributed by atoms with van der Waals surface area (Å²) in [6, 6.07) is 7.35. The third-order valence-electron chi connectivity index (χ3n) is 3.70. The van der Waals surface area contributed by atoms with Gasteiger partial charge < -0.3 is 4.18 Å². The van der Waals surface area contributed by atoms with Crippen LogP contribution in [0.25, 0.3) is 0 Å². The molecule has 136 valence electrons. The van der Waals surface area contributed by atoms with Crippen LogP contribution in [0.2, 0.25) is 0 Å². The minimum Gasteiger partial charge on any atom is -0.366 e. The van der Waals surface area contributed by atoms with Gasteiger partial charge in [0.05, 0.1) is 6.42 Å². The van der Waals surface area contributed by atoms with Gasteiger partial charge in [0, 0.05) is 0 Å². The second-order valence-corrected chi connectivity index (χ2v) is 8.51. The van der Waals surface area contributed by atoms with Crippen LogP contribution in [-0.2, 0) is 21.5 Å². The number of rotatable bonds is 7. The summed E-state index contributed by atoms with van der Waals surface area (Å²) in [5, 5.41) is 3.64. The summed E-state index contributed by atoms with van der Waals surface area (Å²) in [6.07, 6.45) is -0.00500. The van der Waals surface area contributed by atoms with Crippen molar-refractivity contribution in [1.29, 1.82) is 0 Å². The Kier molecular flexibility index (Phi) is 6.24. The Morgan fingerprint density at radius 2 is 1.72 bits per heavy atom. The number of thiophene rings is 1. The zero-order chi connectivity index (χ0) is 18.6. The van der Waals surface area contributed by atoms with Crippen molar-refractivity contribution >= 4 is 27.5 Å². The van der Waals surface area contributed by atoms with Crippen LogP contribution in [0.15, 0.2) is 35.0 Å². The highest BCUT2D eigenvalue weighted by Crippen LogP contribution is 2.35. The minimum atomic E-state index is -4.25. The van der Waals surface area contributed by atoms with E-state index in [2.05, 4.69) is 0 Å². The first-order chi connectivity index (χ1) is 11.7. The second kappa shape index (κ2) is 8.01. The van der Waals surface area contributed by atoms with Crippen molar-refractivity contribution in [3.05, 3.63) is 51.7 Å². The lowest BCUT2D eigenvalue weighted by Crippen LogP contribution is -2.35. The maximum atomic E-state index is 12.3. The zero-order valence-corrected chi connectivity index (χ0v) is 16.4. The molecule has 0 spiro atoms. The Labute approximate surface area is 153 Å². The van der Waals surface area contributed by atoms with Crippen LogP contribution in [-0.4, -0.2) is 14.3 Å². The van der Waals surface area contributed by atoms with Gasteiger partial charge in [-0.15, -0.1) is 0 Å². The van der Waals surface area contributed by atoms with Gasteiger partial charge in [-0.3, -0.25) is 4.79 Å². The maximum absolute atomic E-state index is 12.3. The second-order valence-electron chi connectivity index (χ2n) is 6.45. The van der Waals surface area contributed by atoms with Crippen LogP contribution in [0.5, 0.6) is 5.75 Å². The van der Waals surface area contributed by atoms with Crippen molar-refractivity contribution in [3.63, 3.8) is 0 Å². The van der Waals surface area contributed by atoms with E-state index in [1.807, 2.05) is 56.0 Å². The molecule has 7 heteroatoms. The normalized spacial score (nSPS) is 11.8. The number of carbonyl (C=O) groups is 1. The van der Waals surface area contributed by atoms with E-state index in [0.717, 1.165) is 16.7 Å². The molecule has 0 aliphatic rings. The first-order valence-electron chi connectivity index (χ1n) is 8.08. The van der Waals surface area contributed by atoms with Gasteiger partial charge in [-0.2, -0.15) is 19.8 Å². The first-order valence-corrected chi connectivity index (χ1v) is 10.4. The van der Waals surface area contributed by atoms with E-state index in [0.29, 0.717) is 5.75 Å². The number of amides is 1. The summed E-state index contributed by atoms with van der Waals surface area (Å²) in [5.41, 5.74) is 2.35. The molecule has 0 radical (unpaired) electrons. The molecule has 0 aliphatic heterocycles. The number of hydrogen-bond acceptors (Lipinski definition) is 5. The fourth-order valence-electron chi connectivity index (χ4n) is 2.46. The Bertz CT molecular complexity index is 799. The maximum Gasteiger partial charge on any atom is 0.409 e. The lowest BCUT2D eigenvalue weighted by molar-refractivity contribution is -0.118. The van der Waals surface area contributed by atoms with Gasteiger partial charge in [0.25, 0.3) is 0 Å². The monoisotopic (exact) mass is 381 g/mol. The average molecular weight is 382 g/mol. The molecule has 0 saturated heterocycles. The van der Waals surface area contributed by atoms with Crippen molar-refractivity contribution in [3.8, 4) is 5.75 Å². The molecular formula is C18H23NO4S2. The van der Waals surface area contributed by atoms with Gasteiger partial charge >= 0.3 is 10.3 Å². The number of benzene rings is 1. The molecule has 0 unspecified atom stereocenters. The molecule has 25 heavy (non-hydrogen) atoms. The van der Waals surface area contributed by atoms with Crippen LogP contribution in [0.1, 0.15) is 56.2 Å². The van der Waals surface area contributed by atoms with E-state index in [1.54, 1.807) is 11.4 Å². The highest BCUT2D eigenvalue weighted by molar-refractivity contribution is 7.85. The number of carbonyl (C=O) groups excluding carboxylic acids is 1. The molecule has 0 saturated carbocycles. The van der Waals surface area contributed by atoms with Crippen molar-refractivity contribution in [1.82, 2.24) is 4.72 Å². The SMILES string of the molecule is CC(C)c1cccc(C(C)C)c1OS(=O)(=O)NC(=O)Cc1ccsc1. The summed E-state index contributed by atoms with van der Waals surface area (Å²) in [4.78, 5) is 12.0. The summed E-state index contributed by atoms with van der Waals surface area (Å²) in [5.74, 6) is -0.134. The standard InChI is InChI=1S/C18H23NO4S2/c1-12(2)15-6-5-7-16(13(3)4)18(15)23-25(21,22)19-17(20)10-14-8-9-24-11-14/h5-9,11-13H,10H2,1-4H3,(H,19,20). The fourth-order valence-corrected chi connectivity index (χ4v) is 3.94. The van der Waals surface area contributed by atoms with E-state index in [-0.39, 0.29) is 18.3 Å². The Morgan fingerprint density at radius 3 is 2.20 bits per heavy atom. The molecule has 2 aromatic rings. The van der Waals surface area contributed by atoms with E-state index in [1.165, 1.54) is 11.3 Å². The van der Waals surface area contributed by atoms with E-state index in [4.69, 9.17) is 4.18 Å². The summed E-state index contributed by atoms with van der Waals surface area (Å²) >= 11 is 1.45. The lowest BCUT2D eigenvalue weighted by Gasteiger charge is -2.19. The molecule has 2 rings (SSSR count). The smallest absolute Gasteiger partial charge is 0.366 e. The van der Waals surface area contributed by atoms with Crippen LogP contribution < -0.4 is 8.91 Å². The molecule has 1 amide bonds. The third kappa shape index (κ3) is 5.31. The quantitative estimate of drug-likeness (QED) is 0.787. The van der Waals surface area contributed by atoms with Crippen molar-refractivity contribution in [2.24, 2.45) is 0 Å². The van der Waals surface area contributed by atoms with Crippen LogP contribution in [0, 0.1) is 0 Å². The molecule has 1 heterocycles. The first kappa shape index (κ1) is 19.5. The number of hydrogen-bond donors (Lipinski definition) is 1. The molecule has 1 N–H and O–H groups in total. The predicted molar refractivity (Wildman–Crippen MR) is 100 cm³/mol. The topological polar surface area (TPSA) is 72.5 Å². The van der Waals surface area contributed by atoms with Crippen LogP contribution in [0.4, 0.5) is 0 Å². The number of para-hydroxylation sites is 1. The Morgan fingerprint density at radius 1 is 1.12 bits per heavy atom. The van der Waals surface area contributed by atoms with Gasteiger partial charge in [0.2, 0.25) is 5.91 Å². The molecule has 0 bridgehead atoms. The van der Waals surface area contributed by atoms with Gasteiger partial charge in [0.1, 0.15) is 0 Å². The zero-order valence-electron chi connectivity index (χ0n) is 14.8. The predicted octanol–water partition coefficient (Wildman–Crippen LogP) is 3.98. The average Bonchev–Trinajstić information content (AvgIpc) is 2.98. The molecule has 1 aromatic carbocycles. The van der Waals surface area contributed by atoms with Crippen LogP contribution >= 0.6 is 11.3 Å². The van der Waals surface area contributed by atoms with Crippen molar-refractivity contribution in [2.45, 2.75) is 46.0 Å². The minimum absolute atomic E-state index is 0.00500. The van der Waals surface area contributed by atoms with Crippen LogP contribution in [0.3, 0.4) is 0 Å². The lowest BCUT2D eigenvalue weighted by atomic mass is 9.94. The molecule has 5 nitrogen and oxygen atoms in total. The number of nitrogens with one attached hydrogen (secondary N) is 1. The van der Waals surface area contributed by atoms with Crippen molar-refractivity contribution < 1.29 is 17.4 Å². The van der Waals surface area contributed by atoms with Gasteiger partial charge in [-0.25, -0.2) is 4.72 Å². The molecule has 0 aliphatic carbocycles. The van der Waals surface area contributed by atoms with Gasteiger partial charge in [0.15, 0.2) is 5.75 Å². The van der Waals surface area contributed by atoms with E-state index >= 15 is 0 Å². The van der Waals surface area contributed by atoms with E-state index in [9.17, 15) is 13.2 Å². The Hall–Kier alpha value is -1.86.